The SMILES string of the molecule is C[C@H](C(=O)NC1CCCCC1)N(Cc1ccc(Cl)cc1)C(=O)Cc1c(Cl)cccc1Cl. The van der Waals surface area contributed by atoms with Crippen molar-refractivity contribution in [2.24, 2.45) is 0 Å². The number of rotatable bonds is 7. The Morgan fingerprint density at radius 3 is 2.23 bits per heavy atom. The van der Waals surface area contributed by atoms with Gasteiger partial charge in [-0.3, -0.25) is 9.59 Å². The lowest BCUT2D eigenvalue weighted by molar-refractivity contribution is -0.140. The molecule has 1 atom stereocenters. The van der Waals surface area contributed by atoms with Crippen LogP contribution in [0, 0.1) is 0 Å². The molecular weight excluding hydrogens is 455 g/mol. The van der Waals surface area contributed by atoms with Gasteiger partial charge in [-0.05, 0) is 55.2 Å². The van der Waals surface area contributed by atoms with Gasteiger partial charge in [0, 0.05) is 27.7 Å². The van der Waals surface area contributed by atoms with Crippen molar-refractivity contribution in [2.75, 3.05) is 0 Å². The van der Waals surface area contributed by atoms with Gasteiger partial charge in [-0.25, -0.2) is 0 Å². The number of carbonyl (C=O) groups excluding carboxylic acids is 2. The summed E-state index contributed by atoms with van der Waals surface area (Å²) in [6.45, 7) is 2.05. The number of hydrogen-bond donors (Lipinski definition) is 1. The summed E-state index contributed by atoms with van der Waals surface area (Å²) in [5.74, 6) is -0.351. The molecule has 0 spiro atoms. The molecule has 0 aliphatic heterocycles. The summed E-state index contributed by atoms with van der Waals surface area (Å²) in [5.41, 5.74) is 1.46. The lowest BCUT2D eigenvalue weighted by atomic mass is 9.95. The van der Waals surface area contributed by atoms with Crippen LogP contribution >= 0.6 is 34.8 Å². The van der Waals surface area contributed by atoms with Crippen molar-refractivity contribution in [3.63, 3.8) is 0 Å². The Hall–Kier alpha value is -1.75. The normalized spacial score (nSPS) is 15.4. The fraction of sp³-hybridized carbons (Fsp3) is 0.417. The van der Waals surface area contributed by atoms with Gasteiger partial charge in [0.2, 0.25) is 11.8 Å². The van der Waals surface area contributed by atoms with Gasteiger partial charge in [0.05, 0.1) is 6.42 Å². The van der Waals surface area contributed by atoms with E-state index in [0.717, 1.165) is 31.2 Å². The predicted molar refractivity (Wildman–Crippen MR) is 127 cm³/mol. The van der Waals surface area contributed by atoms with Gasteiger partial charge in [0.15, 0.2) is 0 Å². The molecule has 31 heavy (non-hydrogen) atoms. The van der Waals surface area contributed by atoms with Crippen molar-refractivity contribution >= 4 is 46.6 Å². The fourth-order valence-electron chi connectivity index (χ4n) is 3.89. The highest BCUT2D eigenvalue weighted by Crippen LogP contribution is 2.26. The van der Waals surface area contributed by atoms with E-state index in [2.05, 4.69) is 5.32 Å². The molecule has 1 aliphatic rings. The molecule has 2 amide bonds. The highest BCUT2D eigenvalue weighted by Gasteiger charge is 2.28. The van der Waals surface area contributed by atoms with Gasteiger partial charge in [0.25, 0.3) is 0 Å². The van der Waals surface area contributed by atoms with Crippen molar-refractivity contribution in [2.45, 2.75) is 64.1 Å². The third kappa shape index (κ3) is 6.61. The number of nitrogens with one attached hydrogen (secondary N) is 1. The van der Waals surface area contributed by atoms with E-state index in [-0.39, 0.29) is 30.8 Å². The minimum absolute atomic E-state index is 0.0210. The first-order chi connectivity index (χ1) is 14.8. The largest absolute Gasteiger partial charge is 0.352 e. The van der Waals surface area contributed by atoms with Crippen molar-refractivity contribution in [3.05, 3.63) is 68.7 Å². The van der Waals surface area contributed by atoms with E-state index in [0.29, 0.717) is 20.6 Å². The highest BCUT2D eigenvalue weighted by atomic mass is 35.5. The molecule has 4 nitrogen and oxygen atoms in total. The molecule has 166 valence electrons. The van der Waals surface area contributed by atoms with Gasteiger partial charge in [-0.1, -0.05) is 72.3 Å². The molecule has 0 heterocycles. The van der Waals surface area contributed by atoms with E-state index in [1.54, 1.807) is 42.2 Å². The molecule has 0 unspecified atom stereocenters. The number of halogens is 3. The number of amides is 2. The summed E-state index contributed by atoms with van der Waals surface area (Å²) in [6, 6.07) is 12.0. The molecule has 3 rings (SSSR count). The Morgan fingerprint density at radius 2 is 1.61 bits per heavy atom. The van der Waals surface area contributed by atoms with Crippen LogP contribution in [0.1, 0.15) is 50.2 Å². The lowest BCUT2D eigenvalue weighted by Crippen LogP contribution is -2.50. The summed E-state index contributed by atoms with van der Waals surface area (Å²) in [5, 5.41) is 4.62. The van der Waals surface area contributed by atoms with Crippen LogP contribution in [0.4, 0.5) is 0 Å². The first-order valence-corrected chi connectivity index (χ1v) is 11.8. The summed E-state index contributed by atoms with van der Waals surface area (Å²) in [6.07, 6.45) is 5.45. The second-order valence-electron chi connectivity index (χ2n) is 8.04. The van der Waals surface area contributed by atoms with E-state index in [4.69, 9.17) is 34.8 Å². The molecule has 2 aromatic rings. The molecule has 0 aromatic heterocycles. The molecular formula is C24H27Cl3N2O2. The van der Waals surface area contributed by atoms with Gasteiger partial charge in [-0.2, -0.15) is 0 Å². The van der Waals surface area contributed by atoms with Crippen LogP contribution in [-0.4, -0.2) is 28.8 Å². The van der Waals surface area contributed by atoms with Crippen LogP contribution in [0.5, 0.6) is 0 Å². The zero-order valence-electron chi connectivity index (χ0n) is 17.5. The maximum absolute atomic E-state index is 13.3. The van der Waals surface area contributed by atoms with Gasteiger partial charge >= 0.3 is 0 Å². The Bertz CT molecular complexity index is 891. The van der Waals surface area contributed by atoms with E-state index >= 15 is 0 Å². The molecule has 1 N–H and O–H groups in total. The molecule has 0 bridgehead atoms. The number of benzene rings is 2. The first-order valence-electron chi connectivity index (χ1n) is 10.6. The zero-order valence-corrected chi connectivity index (χ0v) is 19.8. The monoisotopic (exact) mass is 480 g/mol. The third-order valence-corrected chi connectivity index (χ3v) is 6.73. The second kappa shape index (κ2) is 11.2. The Labute approximate surface area is 198 Å². The van der Waals surface area contributed by atoms with Crippen LogP contribution < -0.4 is 5.32 Å². The van der Waals surface area contributed by atoms with E-state index in [1.807, 2.05) is 12.1 Å². The number of nitrogens with zero attached hydrogens (tertiary/aromatic N) is 1. The topological polar surface area (TPSA) is 49.4 Å². The standard InChI is InChI=1S/C24H27Cl3N2O2/c1-16(24(31)28-19-6-3-2-4-7-19)29(15-17-10-12-18(25)13-11-17)23(30)14-20-21(26)8-5-9-22(20)27/h5,8-13,16,19H,2-4,6-7,14-15H2,1H3,(H,28,31)/t16-/m1/s1. The Balaban J connectivity index is 1.79. The lowest BCUT2D eigenvalue weighted by Gasteiger charge is -2.31. The van der Waals surface area contributed by atoms with Crippen LogP contribution in [0.25, 0.3) is 0 Å². The second-order valence-corrected chi connectivity index (χ2v) is 9.30. The summed E-state index contributed by atoms with van der Waals surface area (Å²) in [7, 11) is 0. The van der Waals surface area contributed by atoms with Crippen molar-refractivity contribution in [1.29, 1.82) is 0 Å². The van der Waals surface area contributed by atoms with Crippen LogP contribution in [0.3, 0.4) is 0 Å². The molecule has 1 aliphatic carbocycles. The smallest absolute Gasteiger partial charge is 0.242 e. The maximum atomic E-state index is 13.3. The minimum atomic E-state index is -0.633. The van der Waals surface area contributed by atoms with Crippen LogP contribution in [0.2, 0.25) is 15.1 Å². The molecule has 0 saturated heterocycles. The number of carbonyl (C=O) groups is 2. The van der Waals surface area contributed by atoms with Gasteiger partial charge < -0.3 is 10.2 Å². The molecule has 2 aromatic carbocycles. The van der Waals surface area contributed by atoms with Gasteiger partial charge in [0.1, 0.15) is 6.04 Å². The van der Waals surface area contributed by atoms with Gasteiger partial charge in [-0.15, -0.1) is 0 Å². The molecule has 0 radical (unpaired) electrons. The van der Waals surface area contributed by atoms with Crippen molar-refractivity contribution in [3.8, 4) is 0 Å². The third-order valence-electron chi connectivity index (χ3n) is 5.77. The summed E-state index contributed by atoms with van der Waals surface area (Å²) < 4.78 is 0. The highest BCUT2D eigenvalue weighted by molar-refractivity contribution is 6.36. The van der Waals surface area contributed by atoms with E-state index in [9.17, 15) is 9.59 Å². The average Bonchev–Trinajstić information content (AvgIpc) is 2.76. The Morgan fingerprint density at radius 1 is 1.00 bits per heavy atom. The predicted octanol–water partition coefficient (Wildman–Crippen LogP) is 6.06. The van der Waals surface area contributed by atoms with Crippen LogP contribution in [-0.2, 0) is 22.6 Å². The first kappa shape index (κ1) is 23.9. The number of hydrogen-bond acceptors (Lipinski definition) is 2. The minimum Gasteiger partial charge on any atom is -0.352 e. The molecule has 1 saturated carbocycles. The molecule has 7 heteroatoms. The maximum Gasteiger partial charge on any atom is 0.242 e. The zero-order chi connectivity index (χ0) is 22.4. The van der Waals surface area contributed by atoms with Crippen molar-refractivity contribution < 1.29 is 9.59 Å². The summed E-state index contributed by atoms with van der Waals surface area (Å²) in [4.78, 5) is 27.9. The Kier molecular flexibility index (Phi) is 8.65. The average molecular weight is 482 g/mol. The fourth-order valence-corrected chi connectivity index (χ4v) is 4.55. The van der Waals surface area contributed by atoms with E-state index < -0.39 is 6.04 Å². The van der Waals surface area contributed by atoms with Crippen LogP contribution in [0.15, 0.2) is 42.5 Å². The quantitative estimate of drug-likeness (QED) is 0.523. The molecule has 1 fully saturated rings. The summed E-state index contributed by atoms with van der Waals surface area (Å²) >= 11 is 18.6. The van der Waals surface area contributed by atoms with Crippen molar-refractivity contribution in [1.82, 2.24) is 10.2 Å². The van der Waals surface area contributed by atoms with E-state index in [1.165, 1.54) is 6.42 Å².